The molecule has 0 radical (unpaired) electrons. The van der Waals surface area contributed by atoms with E-state index in [0.29, 0.717) is 6.04 Å². The minimum atomic E-state index is -0.106. The molecule has 31 heavy (non-hydrogen) atoms. The summed E-state index contributed by atoms with van der Waals surface area (Å²) in [6.07, 6.45) is 10.0. The van der Waals surface area contributed by atoms with Crippen LogP contribution in [0, 0.1) is 5.92 Å². The number of piperidine rings is 1. The van der Waals surface area contributed by atoms with E-state index in [1.807, 2.05) is 0 Å². The lowest BCUT2D eigenvalue weighted by Gasteiger charge is -2.32. The summed E-state index contributed by atoms with van der Waals surface area (Å²) >= 11 is 0. The van der Waals surface area contributed by atoms with Crippen LogP contribution in [0.2, 0.25) is 0 Å². The molecule has 1 saturated carbocycles. The van der Waals surface area contributed by atoms with Crippen molar-refractivity contribution < 1.29 is 5.11 Å². The molecular weight excluding hydrogens is 499 g/mol. The Balaban J connectivity index is 0.00000341. The molecule has 2 fully saturated rings. The number of likely N-dealkylation sites (tertiary alicyclic amines) is 1. The van der Waals surface area contributed by atoms with Gasteiger partial charge in [-0.1, -0.05) is 30.3 Å². The van der Waals surface area contributed by atoms with Gasteiger partial charge in [-0.3, -0.25) is 4.99 Å². The van der Waals surface area contributed by atoms with E-state index in [2.05, 4.69) is 52.8 Å². The minimum absolute atomic E-state index is 0. The van der Waals surface area contributed by atoms with Gasteiger partial charge in [0.1, 0.15) is 0 Å². The van der Waals surface area contributed by atoms with E-state index in [1.165, 1.54) is 50.9 Å². The Labute approximate surface area is 206 Å². The van der Waals surface area contributed by atoms with Crippen molar-refractivity contribution in [3.63, 3.8) is 0 Å². The average molecular weight is 543 g/mol. The van der Waals surface area contributed by atoms with E-state index in [1.54, 1.807) is 0 Å². The molecule has 1 aromatic rings. The van der Waals surface area contributed by atoms with Crippen molar-refractivity contribution in [2.75, 3.05) is 32.7 Å². The summed E-state index contributed by atoms with van der Waals surface area (Å²) in [6, 6.07) is 11.4. The molecule has 3 rings (SSSR count). The van der Waals surface area contributed by atoms with Gasteiger partial charge in [0.2, 0.25) is 0 Å². The van der Waals surface area contributed by atoms with Gasteiger partial charge in [-0.2, -0.15) is 0 Å². The summed E-state index contributed by atoms with van der Waals surface area (Å²) in [5.41, 5.74) is 1.49. The highest BCUT2D eigenvalue weighted by Crippen LogP contribution is 2.22. The number of unbranched alkanes of at least 4 members (excludes halogenated alkanes) is 1. The van der Waals surface area contributed by atoms with Crippen molar-refractivity contribution in [1.29, 1.82) is 0 Å². The van der Waals surface area contributed by atoms with E-state index in [0.717, 1.165) is 57.1 Å². The molecule has 1 aliphatic heterocycles. The third-order valence-corrected chi connectivity index (χ3v) is 6.61. The van der Waals surface area contributed by atoms with Crippen molar-refractivity contribution in [2.45, 2.75) is 76.9 Å². The first-order valence-electron chi connectivity index (χ1n) is 12.2. The van der Waals surface area contributed by atoms with Crippen LogP contribution in [-0.4, -0.2) is 60.8 Å². The third kappa shape index (κ3) is 10.1. The lowest BCUT2D eigenvalue weighted by molar-refractivity contribution is 0.120. The summed E-state index contributed by atoms with van der Waals surface area (Å²) in [6.45, 7) is 7.59. The number of rotatable bonds is 9. The number of aliphatic hydroxyl groups excluding tert-OH is 1. The van der Waals surface area contributed by atoms with Gasteiger partial charge in [0.05, 0.1) is 6.10 Å². The number of hydrogen-bond donors (Lipinski definition) is 3. The molecule has 176 valence electrons. The maximum atomic E-state index is 9.68. The molecule has 1 heterocycles. The number of benzene rings is 1. The molecule has 1 saturated heterocycles. The molecule has 2 aliphatic rings. The quantitative estimate of drug-likeness (QED) is 0.190. The Morgan fingerprint density at radius 3 is 2.42 bits per heavy atom. The van der Waals surface area contributed by atoms with Gasteiger partial charge in [-0.15, -0.1) is 24.0 Å². The second kappa shape index (κ2) is 15.1. The second-order valence-corrected chi connectivity index (χ2v) is 9.09. The fourth-order valence-electron chi connectivity index (χ4n) is 4.73. The van der Waals surface area contributed by atoms with Crippen LogP contribution < -0.4 is 10.6 Å². The van der Waals surface area contributed by atoms with E-state index < -0.39 is 0 Å². The topological polar surface area (TPSA) is 59.9 Å². The van der Waals surface area contributed by atoms with Crippen LogP contribution in [-0.2, 0) is 6.42 Å². The first-order chi connectivity index (χ1) is 14.7. The van der Waals surface area contributed by atoms with Crippen LogP contribution in [0.25, 0.3) is 0 Å². The largest absolute Gasteiger partial charge is 0.393 e. The highest BCUT2D eigenvalue weighted by molar-refractivity contribution is 14.0. The Morgan fingerprint density at radius 1 is 1.03 bits per heavy atom. The third-order valence-electron chi connectivity index (χ3n) is 6.61. The molecular formula is C25H43IN4O. The standard InChI is InChI=1S/C25H42N4O.HI/c1-2-26-25(28-23-10-12-24(30)13-11-23)27-16-6-7-17-29-18-14-22(15-19-29)20-21-8-4-3-5-9-21;/h3-5,8-9,22-24,30H,2,6-7,10-20H2,1H3,(H2,26,27,28);1H. The lowest BCUT2D eigenvalue weighted by atomic mass is 9.90. The second-order valence-electron chi connectivity index (χ2n) is 9.09. The maximum absolute atomic E-state index is 9.68. The first kappa shape index (κ1) is 26.4. The van der Waals surface area contributed by atoms with E-state index >= 15 is 0 Å². The van der Waals surface area contributed by atoms with Gasteiger partial charge in [0.15, 0.2) is 5.96 Å². The van der Waals surface area contributed by atoms with Crippen molar-refractivity contribution in [3.05, 3.63) is 35.9 Å². The average Bonchev–Trinajstić information content (AvgIpc) is 2.77. The summed E-state index contributed by atoms with van der Waals surface area (Å²) in [5, 5.41) is 16.6. The summed E-state index contributed by atoms with van der Waals surface area (Å²) in [7, 11) is 0. The number of hydrogen-bond acceptors (Lipinski definition) is 3. The zero-order chi connectivity index (χ0) is 21.0. The highest BCUT2D eigenvalue weighted by Gasteiger charge is 2.20. The van der Waals surface area contributed by atoms with Crippen LogP contribution in [0.1, 0.15) is 63.9 Å². The Morgan fingerprint density at radius 2 is 1.74 bits per heavy atom. The van der Waals surface area contributed by atoms with Gasteiger partial charge in [-0.05, 0) is 95.8 Å². The predicted octanol–water partition coefficient (Wildman–Crippen LogP) is 4.20. The van der Waals surface area contributed by atoms with E-state index in [-0.39, 0.29) is 30.1 Å². The van der Waals surface area contributed by atoms with Crippen LogP contribution in [0.4, 0.5) is 0 Å². The number of nitrogens with zero attached hydrogens (tertiary/aromatic N) is 2. The van der Waals surface area contributed by atoms with Gasteiger partial charge in [-0.25, -0.2) is 0 Å². The van der Waals surface area contributed by atoms with Gasteiger partial charge in [0, 0.05) is 19.1 Å². The van der Waals surface area contributed by atoms with Crippen LogP contribution in [0.5, 0.6) is 0 Å². The Kier molecular flexibility index (Phi) is 12.8. The van der Waals surface area contributed by atoms with E-state index in [9.17, 15) is 5.11 Å². The Bertz CT molecular complexity index is 611. The molecule has 0 bridgehead atoms. The van der Waals surface area contributed by atoms with Crippen LogP contribution >= 0.6 is 24.0 Å². The molecule has 0 atom stereocenters. The number of aliphatic imine (C=N–C) groups is 1. The molecule has 5 nitrogen and oxygen atoms in total. The van der Waals surface area contributed by atoms with Crippen molar-refractivity contribution in [3.8, 4) is 0 Å². The summed E-state index contributed by atoms with van der Waals surface area (Å²) < 4.78 is 0. The zero-order valence-electron chi connectivity index (χ0n) is 19.3. The number of aliphatic hydroxyl groups is 1. The molecule has 1 aliphatic carbocycles. The SMILES string of the molecule is CCNC(=NCCCCN1CCC(Cc2ccccc2)CC1)NC1CCC(O)CC1.I. The molecule has 0 aromatic heterocycles. The summed E-state index contributed by atoms with van der Waals surface area (Å²) in [5.74, 6) is 1.79. The maximum Gasteiger partial charge on any atom is 0.191 e. The minimum Gasteiger partial charge on any atom is -0.393 e. The molecule has 1 aromatic carbocycles. The number of halogens is 1. The molecule has 0 amide bonds. The predicted molar refractivity (Wildman–Crippen MR) is 141 cm³/mol. The van der Waals surface area contributed by atoms with Gasteiger partial charge in [0.25, 0.3) is 0 Å². The monoisotopic (exact) mass is 542 g/mol. The Hall–Kier alpha value is -0.860. The van der Waals surface area contributed by atoms with Crippen LogP contribution in [0.3, 0.4) is 0 Å². The normalized spacial score (nSPS) is 23.2. The zero-order valence-corrected chi connectivity index (χ0v) is 21.6. The van der Waals surface area contributed by atoms with Gasteiger partial charge >= 0.3 is 0 Å². The van der Waals surface area contributed by atoms with E-state index in [4.69, 9.17) is 4.99 Å². The number of guanidine groups is 1. The van der Waals surface area contributed by atoms with Gasteiger partial charge < -0.3 is 20.6 Å². The summed E-state index contributed by atoms with van der Waals surface area (Å²) in [4.78, 5) is 7.42. The fraction of sp³-hybridized carbons (Fsp3) is 0.720. The fourth-order valence-corrected chi connectivity index (χ4v) is 4.73. The van der Waals surface area contributed by atoms with Crippen LogP contribution in [0.15, 0.2) is 35.3 Å². The van der Waals surface area contributed by atoms with Crippen molar-refractivity contribution in [1.82, 2.24) is 15.5 Å². The molecule has 3 N–H and O–H groups in total. The highest BCUT2D eigenvalue weighted by atomic mass is 127. The van der Waals surface area contributed by atoms with Crippen molar-refractivity contribution >= 4 is 29.9 Å². The van der Waals surface area contributed by atoms with Crippen molar-refractivity contribution in [2.24, 2.45) is 10.9 Å². The lowest BCUT2D eigenvalue weighted by Crippen LogP contribution is -2.45. The smallest absolute Gasteiger partial charge is 0.191 e. The molecule has 0 unspecified atom stereocenters. The molecule has 6 heteroatoms. The first-order valence-corrected chi connectivity index (χ1v) is 12.2. The number of nitrogens with one attached hydrogen (secondary N) is 2. The molecule has 0 spiro atoms.